The highest BCUT2D eigenvalue weighted by Crippen LogP contribution is 2.49. The van der Waals surface area contributed by atoms with Crippen molar-refractivity contribution in [2.45, 2.75) is 100 Å². The SMILES string of the molecule is COc1cnc(O[C@@H]2C[C@H]3C(=O)N[C@]4(C(=O)NS(=O)(=O)C5(CF)CC5)C[C@H]4CCCC[C@@H](C)C[C@@H](C)CC(=O)N3C2)c2ccccc12. The number of aromatic nitrogens is 1. The quantitative estimate of drug-likeness (QED) is 0.449. The van der Waals surface area contributed by atoms with Crippen LogP contribution in [0.15, 0.2) is 30.5 Å². The van der Waals surface area contributed by atoms with Crippen molar-refractivity contribution < 1.29 is 36.7 Å². The molecule has 256 valence electrons. The number of carbonyl (C=O) groups excluding carboxylic acids is 3. The molecule has 2 N–H and O–H groups in total. The Bertz CT molecular complexity index is 1650. The van der Waals surface area contributed by atoms with Crippen LogP contribution in [-0.2, 0) is 24.4 Å². The number of nitrogens with one attached hydrogen (secondary N) is 2. The number of fused-ring (bicyclic) bond motifs is 3. The minimum Gasteiger partial charge on any atom is -0.494 e. The van der Waals surface area contributed by atoms with E-state index in [0.29, 0.717) is 24.0 Å². The number of pyridine rings is 1. The molecule has 2 saturated carbocycles. The van der Waals surface area contributed by atoms with Crippen LogP contribution in [0.3, 0.4) is 0 Å². The van der Waals surface area contributed by atoms with Gasteiger partial charge in [-0.2, -0.15) is 0 Å². The molecular weight excluding hydrogens is 627 g/mol. The molecule has 4 aliphatic rings. The first kappa shape index (κ1) is 33.4. The largest absolute Gasteiger partial charge is 0.494 e. The van der Waals surface area contributed by atoms with Crippen molar-refractivity contribution in [1.29, 1.82) is 0 Å². The van der Waals surface area contributed by atoms with Crippen molar-refractivity contribution in [3.05, 3.63) is 30.5 Å². The third kappa shape index (κ3) is 6.51. The van der Waals surface area contributed by atoms with Gasteiger partial charge in [0.15, 0.2) is 0 Å². The number of hydrogen-bond acceptors (Lipinski definition) is 8. The molecule has 11 nitrogen and oxygen atoms in total. The Labute approximate surface area is 275 Å². The molecule has 3 heterocycles. The molecule has 2 saturated heterocycles. The fourth-order valence-corrected chi connectivity index (χ4v) is 8.98. The Kier molecular flexibility index (Phi) is 9.14. The third-order valence-corrected chi connectivity index (χ3v) is 12.7. The van der Waals surface area contributed by atoms with Gasteiger partial charge in [-0.15, -0.1) is 0 Å². The molecule has 2 aliphatic heterocycles. The van der Waals surface area contributed by atoms with Crippen LogP contribution in [0.2, 0.25) is 0 Å². The number of hydrogen-bond donors (Lipinski definition) is 2. The topological polar surface area (TPSA) is 144 Å². The second-order valence-corrected chi connectivity index (χ2v) is 16.3. The predicted molar refractivity (Wildman–Crippen MR) is 173 cm³/mol. The lowest BCUT2D eigenvalue weighted by molar-refractivity contribution is -0.140. The molecule has 0 spiro atoms. The van der Waals surface area contributed by atoms with Gasteiger partial charge in [0.2, 0.25) is 27.7 Å². The number of benzene rings is 1. The Morgan fingerprint density at radius 3 is 2.53 bits per heavy atom. The van der Waals surface area contributed by atoms with Crippen LogP contribution < -0.4 is 19.5 Å². The van der Waals surface area contributed by atoms with Crippen molar-refractivity contribution in [1.82, 2.24) is 19.9 Å². The summed E-state index contributed by atoms with van der Waals surface area (Å²) in [7, 11) is -2.71. The number of amides is 3. The normalized spacial score (nSPS) is 31.1. The van der Waals surface area contributed by atoms with E-state index >= 15 is 0 Å². The van der Waals surface area contributed by atoms with Crippen molar-refractivity contribution >= 4 is 38.5 Å². The number of carbonyl (C=O) groups is 3. The zero-order valence-corrected chi connectivity index (χ0v) is 28.1. The van der Waals surface area contributed by atoms with Crippen LogP contribution in [0.4, 0.5) is 4.39 Å². The summed E-state index contributed by atoms with van der Waals surface area (Å²) in [6.07, 6.45) is 6.23. The summed E-state index contributed by atoms with van der Waals surface area (Å²) < 4.78 is 52.1. The highest BCUT2D eigenvalue weighted by molar-refractivity contribution is 7.91. The number of sulfonamides is 1. The number of halogens is 1. The molecule has 4 fully saturated rings. The molecule has 0 bridgehead atoms. The molecule has 3 amide bonds. The number of nitrogens with zero attached hydrogens (tertiary/aromatic N) is 2. The Hall–Kier alpha value is -3.48. The first-order valence-electron chi connectivity index (χ1n) is 16.7. The van der Waals surface area contributed by atoms with E-state index in [1.807, 2.05) is 24.3 Å². The molecule has 1 aromatic carbocycles. The lowest BCUT2D eigenvalue weighted by atomic mass is 9.90. The average molecular weight is 673 g/mol. The molecule has 0 radical (unpaired) electrons. The highest BCUT2D eigenvalue weighted by atomic mass is 32.2. The van der Waals surface area contributed by atoms with Crippen molar-refractivity contribution in [3.63, 3.8) is 0 Å². The predicted octanol–water partition coefficient (Wildman–Crippen LogP) is 4.04. The first-order chi connectivity index (χ1) is 22.4. The van der Waals surface area contributed by atoms with E-state index in [1.54, 1.807) is 13.3 Å². The number of alkyl halides is 1. The lowest BCUT2D eigenvalue weighted by Crippen LogP contribution is -2.57. The van der Waals surface area contributed by atoms with E-state index in [2.05, 4.69) is 28.9 Å². The third-order valence-electron chi connectivity index (χ3n) is 10.6. The van der Waals surface area contributed by atoms with Gasteiger partial charge < -0.3 is 19.7 Å². The van der Waals surface area contributed by atoms with Crippen molar-refractivity contribution in [3.8, 4) is 11.6 Å². The van der Waals surface area contributed by atoms with Gasteiger partial charge in [-0.05, 0) is 55.9 Å². The maximum absolute atomic E-state index is 14.1. The summed E-state index contributed by atoms with van der Waals surface area (Å²) in [5, 5.41) is 4.44. The van der Waals surface area contributed by atoms with Gasteiger partial charge in [0.1, 0.15) is 34.9 Å². The number of ether oxygens (including phenoxy) is 2. The van der Waals surface area contributed by atoms with E-state index in [4.69, 9.17) is 9.47 Å². The van der Waals surface area contributed by atoms with Crippen LogP contribution in [0.1, 0.15) is 78.1 Å². The van der Waals surface area contributed by atoms with Crippen LogP contribution in [0.25, 0.3) is 10.8 Å². The highest BCUT2D eigenvalue weighted by Gasteiger charge is 2.64. The van der Waals surface area contributed by atoms with E-state index in [9.17, 15) is 27.2 Å². The lowest BCUT2D eigenvalue weighted by Gasteiger charge is -2.28. The summed E-state index contributed by atoms with van der Waals surface area (Å²) in [5.74, 6) is -0.355. The summed E-state index contributed by atoms with van der Waals surface area (Å²) >= 11 is 0. The average Bonchev–Trinajstić information content (AvgIpc) is 3.94. The van der Waals surface area contributed by atoms with E-state index in [0.717, 1.165) is 36.5 Å². The van der Waals surface area contributed by atoms with Gasteiger partial charge >= 0.3 is 0 Å². The molecule has 6 atom stereocenters. The Morgan fingerprint density at radius 1 is 1.11 bits per heavy atom. The summed E-state index contributed by atoms with van der Waals surface area (Å²) in [6.45, 7) is 3.31. The maximum Gasteiger partial charge on any atom is 0.259 e. The van der Waals surface area contributed by atoms with E-state index in [1.165, 1.54) is 4.90 Å². The molecule has 6 rings (SSSR count). The Balaban J connectivity index is 1.27. The summed E-state index contributed by atoms with van der Waals surface area (Å²) in [4.78, 5) is 47.6. The smallest absolute Gasteiger partial charge is 0.259 e. The molecule has 13 heteroatoms. The zero-order chi connectivity index (χ0) is 33.6. The van der Waals surface area contributed by atoms with E-state index < -0.39 is 50.9 Å². The Morgan fingerprint density at radius 2 is 1.83 bits per heavy atom. The minimum absolute atomic E-state index is 0.111. The van der Waals surface area contributed by atoms with Crippen LogP contribution in [0.5, 0.6) is 11.6 Å². The van der Waals surface area contributed by atoms with Gasteiger partial charge in [-0.1, -0.05) is 51.3 Å². The van der Waals surface area contributed by atoms with Gasteiger partial charge in [-0.3, -0.25) is 19.1 Å². The molecular formula is C34H45FN4O7S. The van der Waals surface area contributed by atoms with Gasteiger partial charge in [-0.25, -0.2) is 17.8 Å². The molecule has 1 aromatic heterocycles. The maximum atomic E-state index is 14.1. The monoisotopic (exact) mass is 672 g/mol. The zero-order valence-electron chi connectivity index (χ0n) is 27.3. The van der Waals surface area contributed by atoms with Gasteiger partial charge in [0, 0.05) is 23.6 Å². The first-order valence-corrected chi connectivity index (χ1v) is 18.2. The van der Waals surface area contributed by atoms with Crippen LogP contribution in [0, 0.1) is 17.8 Å². The van der Waals surface area contributed by atoms with Gasteiger partial charge in [0.25, 0.3) is 5.91 Å². The molecule has 47 heavy (non-hydrogen) atoms. The van der Waals surface area contributed by atoms with Crippen molar-refractivity contribution in [2.24, 2.45) is 17.8 Å². The van der Waals surface area contributed by atoms with Crippen LogP contribution >= 0.6 is 0 Å². The van der Waals surface area contributed by atoms with Gasteiger partial charge in [0.05, 0.1) is 19.9 Å². The fourth-order valence-electron chi connectivity index (χ4n) is 7.55. The molecule has 2 aliphatic carbocycles. The standard InChI is InChI=1S/C34H45FN4O7S/c1-21-8-4-5-9-23-17-34(23,32(42)38-47(43,44)33(20-35)12-13-33)37-30(41)27-16-24(19-39(27)29(40)15-22(2)14-21)46-31-26-11-7-6-10-25(26)28(45-3)18-36-31/h6-7,10-11,18,21-24,27H,4-5,8-9,12-17,19-20H2,1-3H3,(H,37,41)(H,38,42)/t21-,22-,23-,24-,27+,34-/m1/s1. The minimum atomic E-state index is -4.27. The van der Waals surface area contributed by atoms with E-state index in [-0.39, 0.29) is 56.4 Å². The molecule has 2 aromatic rings. The molecule has 0 unspecified atom stereocenters. The van der Waals surface area contributed by atoms with Crippen molar-refractivity contribution in [2.75, 3.05) is 20.3 Å². The summed E-state index contributed by atoms with van der Waals surface area (Å²) in [5.41, 5.74) is -1.45. The second-order valence-electron chi connectivity index (χ2n) is 14.3. The number of methoxy groups -OCH3 is 1. The fraction of sp³-hybridized carbons (Fsp3) is 0.647. The van der Waals surface area contributed by atoms with Crippen LogP contribution in [-0.4, -0.2) is 78.8 Å². The summed E-state index contributed by atoms with van der Waals surface area (Å²) in [6, 6.07) is 6.58. The number of rotatable bonds is 7. The second kappa shape index (κ2) is 12.9.